The van der Waals surface area contributed by atoms with Gasteiger partial charge in [-0.15, -0.1) is 0 Å². The quantitative estimate of drug-likeness (QED) is 0.284. The molecule has 13 heteroatoms. The van der Waals surface area contributed by atoms with Gasteiger partial charge in [0.1, 0.15) is 34.5 Å². The normalized spacial score (nSPS) is 21.0. The van der Waals surface area contributed by atoms with E-state index >= 15 is 4.39 Å². The van der Waals surface area contributed by atoms with E-state index in [9.17, 15) is 18.8 Å². The van der Waals surface area contributed by atoms with Crippen LogP contribution in [-0.4, -0.2) is 88.5 Å². The van der Waals surface area contributed by atoms with E-state index in [4.69, 9.17) is 4.74 Å². The summed E-state index contributed by atoms with van der Waals surface area (Å²) in [7, 11) is 2.17. The molecule has 4 heterocycles. The van der Waals surface area contributed by atoms with Crippen LogP contribution in [0.4, 0.5) is 25.1 Å². The third kappa shape index (κ3) is 7.18. The Balaban J connectivity index is 0.939. The number of hydrogen-bond acceptors (Lipinski definition) is 7. The van der Waals surface area contributed by atoms with Gasteiger partial charge in [0, 0.05) is 75.5 Å². The van der Waals surface area contributed by atoms with Crippen LogP contribution in [0, 0.1) is 23.5 Å². The van der Waals surface area contributed by atoms with Gasteiger partial charge in [-0.25, -0.2) is 18.6 Å². The number of fused-ring (bicyclic) bond motifs is 1. The molecule has 49 heavy (non-hydrogen) atoms. The summed E-state index contributed by atoms with van der Waals surface area (Å²) >= 11 is 0. The number of nitrogens with one attached hydrogen (secondary N) is 2. The fraction of sp³-hybridized carbons (Fsp3) is 0.333. The molecule has 2 aromatic carbocycles. The molecule has 1 unspecified atom stereocenters. The molecular formula is C36H37F2N7O4. The Morgan fingerprint density at radius 2 is 1.59 bits per heavy atom. The number of urea groups is 1. The first kappa shape index (κ1) is 32.4. The van der Waals surface area contributed by atoms with Crippen LogP contribution in [0.5, 0.6) is 11.5 Å². The van der Waals surface area contributed by atoms with E-state index < -0.39 is 23.1 Å². The van der Waals surface area contributed by atoms with Gasteiger partial charge in [-0.05, 0) is 86.3 Å². The molecule has 2 aromatic heterocycles. The van der Waals surface area contributed by atoms with Crippen LogP contribution in [0.3, 0.4) is 0 Å². The third-order valence-electron chi connectivity index (χ3n) is 9.76. The minimum absolute atomic E-state index is 0.151. The van der Waals surface area contributed by atoms with Gasteiger partial charge in [0.25, 0.3) is 11.5 Å². The van der Waals surface area contributed by atoms with Crippen molar-refractivity contribution in [1.29, 1.82) is 0 Å². The lowest BCUT2D eigenvalue weighted by Crippen LogP contribution is -2.48. The fourth-order valence-corrected chi connectivity index (χ4v) is 7.11. The molecule has 1 aliphatic carbocycles. The molecule has 2 aliphatic heterocycles. The second kappa shape index (κ2) is 13.8. The van der Waals surface area contributed by atoms with Gasteiger partial charge in [0.05, 0.1) is 5.69 Å². The zero-order valence-corrected chi connectivity index (χ0v) is 27.0. The van der Waals surface area contributed by atoms with Crippen molar-refractivity contribution in [3.63, 3.8) is 0 Å². The number of halogens is 2. The van der Waals surface area contributed by atoms with E-state index in [1.165, 1.54) is 65.5 Å². The minimum atomic E-state index is -0.806. The highest BCUT2D eigenvalue weighted by atomic mass is 19.1. The molecule has 3 fully saturated rings. The molecular weight excluding hydrogens is 632 g/mol. The molecule has 1 saturated carbocycles. The van der Waals surface area contributed by atoms with Crippen molar-refractivity contribution in [3.05, 3.63) is 107 Å². The van der Waals surface area contributed by atoms with E-state index in [-0.39, 0.29) is 23.0 Å². The van der Waals surface area contributed by atoms with Crippen LogP contribution >= 0.6 is 0 Å². The lowest BCUT2D eigenvalue weighted by atomic mass is 10.0. The summed E-state index contributed by atoms with van der Waals surface area (Å²) in [5.74, 6) is -0.230. The molecule has 0 spiro atoms. The number of rotatable bonds is 7. The van der Waals surface area contributed by atoms with Crippen LogP contribution < -0.4 is 20.9 Å². The molecule has 254 valence electrons. The number of pyridine rings is 2. The number of benzene rings is 2. The van der Waals surface area contributed by atoms with E-state index in [0.29, 0.717) is 35.1 Å². The Labute approximate surface area is 282 Å². The highest BCUT2D eigenvalue weighted by Gasteiger charge is 2.44. The molecule has 7 rings (SSSR count). The smallest absolute Gasteiger partial charge is 0.323 e. The molecule has 3 atom stereocenters. The monoisotopic (exact) mass is 669 g/mol. The van der Waals surface area contributed by atoms with E-state index in [0.717, 1.165) is 58.2 Å². The Hall–Kier alpha value is -5.14. The molecule has 3 amide bonds. The highest BCUT2D eigenvalue weighted by molar-refractivity contribution is 6.04. The van der Waals surface area contributed by atoms with Crippen molar-refractivity contribution in [2.75, 3.05) is 56.9 Å². The van der Waals surface area contributed by atoms with Gasteiger partial charge < -0.3 is 19.9 Å². The van der Waals surface area contributed by atoms with Gasteiger partial charge in [0.15, 0.2) is 0 Å². The van der Waals surface area contributed by atoms with Gasteiger partial charge in [-0.1, -0.05) is 0 Å². The van der Waals surface area contributed by atoms with Gasteiger partial charge in [0.2, 0.25) is 0 Å². The Morgan fingerprint density at radius 3 is 2.31 bits per heavy atom. The first-order valence-electron chi connectivity index (χ1n) is 16.4. The second-order valence-corrected chi connectivity index (χ2v) is 13.0. The number of aromatic nitrogens is 2. The van der Waals surface area contributed by atoms with Crippen LogP contribution in [0.25, 0.3) is 5.69 Å². The number of likely N-dealkylation sites (tertiary alicyclic amines) is 1. The number of amides is 3. The first-order chi connectivity index (χ1) is 23.7. The third-order valence-corrected chi connectivity index (χ3v) is 9.76. The van der Waals surface area contributed by atoms with Crippen LogP contribution in [0.15, 0.2) is 83.9 Å². The number of carbonyl (C=O) groups excluding carboxylic acids is 2. The maximum absolute atomic E-state index is 15.1. The van der Waals surface area contributed by atoms with E-state index in [2.05, 4.69) is 32.5 Å². The number of piperazine rings is 1. The molecule has 2 saturated heterocycles. The lowest BCUT2D eigenvalue weighted by molar-refractivity contribution is 0.102. The van der Waals surface area contributed by atoms with Crippen molar-refractivity contribution >= 4 is 23.4 Å². The van der Waals surface area contributed by atoms with Crippen LogP contribution in [0.1, 0.15) is 23.2 Å². The average Bonchev–Trinajstić information content (AvgIpc) is 3.67. The lowest BCUT2D eigenvalue weighted by Gasteiger charge is -2.37. The molecule has 4 aromatic rings. The van der Waals surface area contributed by atoms with Crippen molar-refractivity contribution in [3.8, 4) is 17.2 Å². The van der Waals surface area contributed by atoms with Crippen LogP contribution in [-0.2, 0) is 0 Å². The summed E-state index contributed by atoms with van der Waals surface area (Å²) in [4.78, 5) is 50.2. The maximum Gasteiger partial charge on any atom is 0.323 e. The highest BCUT2D eigenvalue weighted by Crippen LogP contribution is 2.40. The van der Waals surface area contributed by atoms with Crippen molar-refractivity contribution in [1.82, 2.24) is 24.3 Å². The number of hydrogen-bond donors (Lipinski definition) is 2. The second-order valence-electron chi connectivity index (χ2n) is 13.0. The van der Waals surface area contributed by atoms with Crippen LogP contribution in [0.2, 0.25) is 0 Å². The van der Waals surface area contributed by atoms with Gasteiger partial charge in [-0.2, -0.15) is 0 Å². The molecule has 3 aliphatic rings. The standard InChI is InChI=1S/C36H37F2N7O4/c1-42-13-15-43(16-14-42)27-17-23-21-44(22-24(23)18-27)36(48)41-33-20-29(10-11-39-33)49-28-8-9-32(31(38)19-28)40-34(46)30-3-2-12-45(35(30)47)26-6-4-25(37)5-7-26/h2-12,19-20,23-24,27H,13-18,21-22H2,1H3,(H,40,46)(H,39,41,48)/t23-,24+,27?. The van der Waals surface area contributed by atoms with Crippen molar-refractivity contribution in [2.45, 2.75) is 18.9 Å². The fourth-order valence-electron chi connectivity index (χ4n) is 7.11. The number of carbonyl (C=O) groups is 2. The topological polar surface area (TPSA) is 112 Å². The van der Waals surface area contributed by atoms with Gasteiger partial charge in [-0.3, -0.25) is 24.4 Å². The maximum atomic E-state index is 15.1. The summed E-state index contributed by atoms with van der Waals surface area (Å²) in [5, 5.41) is 5.30. The van der Waals surface area contributed by atoms with Gasteiger partial charge >= 0.3 is 6.03 Å². The average molecular weight is 670 g/mol. The Morgan fingerprint density at radius 1 is 0.878 bits per heavy atom. The predicted octanol–water partition coefficient (Wildman–Crippen LogP) is 5.05. The first-order valence-corrected chi connectivity index (χ1v) is 16.4. The predicted molar refractivity (Wildman–Crippen MR) is 180 cm³/mol. The Kier molecular flexibility index (Phi) is 9.11. The largest absolute Gasteiger partial charge is 0.457 e. The molecule has 11 nitrogen and oxygen atoms in total. The van der Waals surface area contributed by atoms with Crippen molar-refractivity contribution in [2.24, 2.45) is 11.8 Å². The van der Waals surface area contributed by atoms with Crippen molar-refractivity contribution < 1.29 is 23.1 Å². The number of nitrogens with zero attached hydrogens (tertiary/aromatic N) is 5. The SMILES string of the molecule is CN1CCN(C2C[C@@H]3CN(C(=O)Nc4cc(Oc5ccc(NC(=O)c6cccn(-c7ccc(F)cc7)c6=O)c(F)c5)ccn4)C[C@@H]3C2)CC1. The minimum Gasteiger partial charge on any atom is -0.457 e. The summed E-state index contributed by atoms with van der Waals surface area (Å²) in [6, 6.07) is 15.5. The molecule has 0 bridgehead atoms. The summed E-state index contributed by atoms with van der Waals surface area (Å²) < 4.78 is 35.5. The van der Waals surface area contributed by atoms with E-state index in [1.807, 2.05) is 4.90 Å². The zero-order chi connectivity index (χ0) is 34.1. The number of likely N-dealkylation sites (N-methyl/N-ethyl adjacent to an activating group) is 1. The summed E-state index contributed by atoms with van der Waals surface area (Å²) in [5.41, 5.74) is -0.637. The Bertz CT molecular complexity index is 1900. The number of ether oxygens (including phenoxy) is 1. The van der Waals surface area contributed by atoms with E-state index in [1.54, 1.807) is 12.1 Å². The molecule has 0 radical (unpaired) electrons. The molecule has 2 N–H and O–H groups in total. The number of anilines is 2. The zero-order valence-electron chi connectivity index (χ0n) is 27.0. The summed E-state index contributed by atoms with van der Waals surface area (Å²) in [6.07, 6.45) is 5.20. The summed E-state index contributed by atoms with van der Waals surface area (Å²) in [6.45, 7) is 5.90.